The summed E-state index contributed by atoms with van der Waals surface area (Å²) in [5.41, 5.74) is 5.22. The zero-order valence-corrected chi connectivity index (χ0v) is 6.38. The summed E-state index contributed by atoms with van der Waals surface area (Å²) in [6.45, 7) is 1.97. The average molecular weight is 156 g/mol. The van der Waals surface area contributed by atoms with Crippen LogP contribution in [-0.2, 0) is 4.74 Å². The van der Waals surface area contributed by atoms with Crippen LogP contribution in [0.5, 0.6) is 0 Å². The Bertz CT molecular complexity index is 189. The van der Waals surface area contributed by atoms with Gasteiger partial charge in [0.2, 0.25) is 0 Å². The van der Waals surface area contributed by atoms with E-state index in [1.807, 2.05) is 0 Å². The molecule has 62 valence electrons. The van der Waals surface area contributed by atoms with E-state index in [4.69, 9.17) is 10.5 Å². The topological polar surface area (TPSA) is 55.6 Å². The van der Waals surface area contributed by atoms with Gasteiger partial charge in [-0.1, -0.05) is 0 Å². The van der Waals surface area contributed by atoms with Gasteiger partial charge in [0.15, 0.2) is 0 Å². The van der Waals surface area contributed by atoms with E-state index < -0.39 is 0 Å². The molecule has 11 heavy (non-hydrogen) atoms. The van der Waals surface area contributed by atoms with Crippen molar-refractivity contribution in [3.8, 4) is 0 Å². The van der Waals surface area contributed by atoms with Crippen molar-refractivity contribution in [1.29, 1.82) is 0 Å². The van der Waals surface area contributed by atoms with Crippen LogP contribution in [0.2, 0.25) is 0 Å². The summed E-state index contributed by atoms with van der Waals surface area (Å²) >= 11 is 0. The van der Waals surface area contributed by atoms with Gasteiger partial charge in [-0.05, 0) is 12.8 Å². The molecule has 1 saturated heterocycles. The van der Waals surface area contributed by atoms with E-state index in [0.29, 0.717) is 19.8 Å². The van der Waals surface area contributed by atoms with Crippen LogP contribution in [0.25, 0.3) is 0 Å². The van der Waals surface area contributed by atoms with Gasteiger partial charge in [-0.2, -0.15) is 0 Å². The lowest BCUT2D eigenvalue weighted by Gasteiger charge is -2.34. The molecule has 0 aromatic rings. The molecule has 1 spiro atoms. The number of nitrogens with zero attached hydrogens (tertiary/aromatic N) is 1. The van der Waals surface area contributed by atoms with E-state index in [1.54, 1.807) is 4.90 Å². The Labute approximate surface area is 65.3 Å². The number of primary amides is 1. The summed E-state index contributed by atoms with van der Waals surface area (Å²) in [5, 5.41) is 0. The zero-order valence-electron chi connectivity index (χ0n) is 6.38. The Morgan fingerprint density at radius 1 is 1.55 bits per heavy atom. The first-order valence-electron chi connectivity index (χ1n) is 3.89. The molecule has 0 atom stereocenters. The minimum Gasteiger partial charge on any atom is -0.377 e. The highest BCUT2D eigenvalue weighted by Gasteiger charge is 2.51. The maximum atomic E-state index is 10.9. The average Bonchev–Trinajstić information content (AvgIpc) is 2.70. The van der Waals surface area contributed by atoms with E-state index in [0.717, 1.165) is 12.8 Å². The lowest BCUT2D eigenvalue weighted by Crippen LogP contribution is -2.52. The highest BCUT2D eigenvalue weighted by atomic mass is 16.5. The van der Waals surface area contributed by atoms with Crippen LogP contribution >= 0.6 is 0 Å². The third-order valence-corrected chi connectivity index (χ3v) is 2.50. The molecule has 2 aliphatic rings. The van der Waals surface area contributed by atoms with Crippen molar-refractivity contribution < 1.29 is 9.53 Å². The van der Waals surface area contributed by atoms with E-state index in [2.05, 4.69) is 0 Å². The first-order chi connectivity index (χ1) is 5.25. The van der Waals surface area contributed by atoms with Gasteiger partial charge < -0.3 is 15.4 Å². The fraction of sp³-hybridized carbons (Fsp3) is 0.857. The summed E-state index contributed by atoms with van der Waals surface area (Å²) < 4.78 is 5.28. The van der Waals surface area contributed by atoms with Crippen LogP contribution < -0.4 is 5.73 Å². The molecule has 1 heterocycles. The molecule has 4 nitrogen and oxygen atoms in total. The molecule has 0 aromatic heterocycles. The lowest BCUT2D eigenvalue weighted by atomic mass is 10.2. The molecule has 0 radical (unpaired) electrons. The number of hydrogen-bond acceptors (Lipinski definition) is 2. The maximum Gasteiger partial charge on any atom is 0.315 e. The van der Waals surface area contributed by atoms with Gasteiger partial charge in [-0.25, -0.2) is 4.79 Å². The normalized spacial score (nSPS) is 27.1. The molecule has 0 bridgehead atoms. The summed E-state index contributed by atoms with van der Waals surface area (Å²) in [6.07, 6.45) is 2.10. The standard InChI is InChI=1S/C7H12N2O2/c8-6(10)9-3-4-11-5-7(9)1-2-7/h1-5H2,(H2,8,10). The lowest BCUT2D eigenvalue weighted by molar-refractivity contribution is 0.00301. The van der Waals surface area contributed by atoms with Crippen molar-refractivity contribution in [3.05, 3.63) is 0 Å². The van der Waals surface area contributed by atoms with Gasteiger partial charge in [0.25, 0.3) is 0 Å². The largest absolute Gasteiger partial charge is 0.377 e. The number of morpholine rings is 1. The van der Waals surface area contributed by atoms with Gasteiger partial charge >= 0.3 is 6.03 Å². The molecule has 0 aromatic carbocycles. The minimum atomic E-state index is -0.300. The van der Waals surface area contributed by atoms with Crippen LogP contribution in [-0.4, -0.2) is 36.2 Å². The van der Waals surface area contributed by atoms with Crippen LogP contribution in [0, 0.1) is 0 Å². The second-order valence-corrected chi connectivity index (χ2v) is 3.27. The van der Waals surface area contributed by atoms with Crippen molar-refractivity contribution in [2.45, 2.75) is 18.4 Å². The van der Waals surface area contributed by atoms with Gasteiger partial charge in [0.1, 0.15) is 0 Å². The fourth-order valence-electron chi connectivity index (χ4n) is 1.64. The Kier molecular flexibility index (Phi) is 1.32. The number of carbonyl (C=O) groups excluding carboxylic acids is 1. The molecule has 0 unspecified atom stereocenters. The van der Waals surface area contributed by atoms with Crippen molar-refractivity contribution in [1.82, 2.24) is 4.90 Å². The second kappa shape index (κ2) is 2.11. The summed E-state index contributed by atoms with van der Waals surface area (Å²) in [7, 11) is 0. The minimum absolute atomic E-state index is 0.00405. The van der Waals surface area contributed by atoms with Gasteiger partial charge in [0, 0.05) is 6.54 Å². The van der Waals surface area contributed by atoms with Gasteiger partial charge in [-0.15, -0.1) is 0 Å². The predicted octanol–water partition coefficient (Wildman–Crippen LogP) is -0.0701. The number of urea groups is 1. The summed E-state index contributed by atoms with van der Waals surface area (Å²) in [4.78, 5) is 12.6. The number of nitrogens with two attached hydrogens (primary N) is 1. The van der Waals surface area contributed by atoms with Gasteiger partial charge in [-0.3, -0.25) is 0 Å². The van der Waals surface area contributed by atoms with E-state index in [1.165, 1.54) is 0 Å². The monoisotopic (exact) mass is 156 g/mol. The SMILES string of the molecule is NC(=O)N1CCOCC12CC2. The maximum absolute atomic E-state index is 10.9. The van der Waals surface area contributed by atoms with Crippen LogP contribution in [0.3, 0.4) is 0 Å². The Hall–Kier alpha value is -0.770. The predicted molar refractivity (Wildman–Crippen MR) is 39.1 cm³/mol. The smallest absolute Gasteiger partial charge is 0.315 e. The molecule has 2 rings (SSSR count). The quantitative estimate of drug-likeness (QED) is 0.533. The summed E-state index contributed by atoms with van der Waals surface area (Å²) in [5.74, 6) is 0. The van der Waals surface area contributed by atoms with Crippen molar-refractivity contribution in [2.75, 3.05) is 19.8 Å². The van der Waals surface area contributed by atoms with Crippen LogP contribution in [0.1, 0.15) is 12.8 Å². The zero-order chi connectivity index (χ0) is 7.90. The van der Waals surface area contributed by atoms with Crippen LogP contribution in [0.4, 0.5) is 4.79 Å². The fourth-order valence-corrected chi connectivity index (χ4v) is 1.64. The summed E-state index contributed by atoms with van der Waals surface area (Å²) in [6, 6.07) is -0.300. The Morgan fingerprint density at radius 2 is 2.27 bits per heavy atom. The van der Waals surface area contributed by atoms with Crippen molar-refractivity contribution in [3.63, 3.8) is 0 Å². The van der Waals surface area contributed by atoms with Crippen LogP contribution in [0.15, 0.2) is 0 Å². The molecule has 2 amide bonds. The Balaban J connectivity index is 2.10. The first-order valence-corrected chi connectivity index (χ1v) is 3.89. The molecule has 1 aliphatic carbocycles. The highest BCUT2D eigenvalue weighted by Crippen LogP contribution is 2.43. The van der Waals surface area contributed by atoms with Crippen molar-refractivity contribution in [2.24, 2.45) is 5.73 Å². The third kappa shape index (κ3) is 0.976. The van der Waals surface area contributed by atoms with E-state index in [-0.39, 0.29) is 11.6 Å². The first kappa shape index (κ1) is 6.91. The van der Waals surface area contributed by atoms with E-state index in [9.17, 15) is 4.79 Å². The number of rotatable bonds is 0. The number of amides is 2. The van der Waals surface area contributed by atoms with Gasteiger partial charge in [0.05, 0.1) is 18.8 Å². The van der Waals surface area contributed by atoms with Crippen molar-refractivity contribution >= 4 is 6.03 Å². The number of carbonyl (C=O) groups is 1. The molecular formula is C7H12N2O2. The number of ether oxygens (including phenoxy) is 1. The number of hydrogen-bond donors (Lipinski definition) is 1. The molecule has 2 N–H and O–H groups in total. The molecule has 1 saturated carbocycles. The molecule has 1 aliphatic heterocycles. The molecule has 2 fully saturated rings. The van der Waals surface area contributed by atoms with E-state index >= 15 is 0 Å². The molecular weight excluding hydrogens is 144 g/mol. The second-order valence-electron chi connectivity index (χ2n) is 3.27. The molecule has 4 heteroatoms. The highest BCUT2D eigenvalue weighted by molar-refractivity contribution is 5.73. The Morgan fingerprint density at radius 3 is 2.73 bits per heavy atom. The third-order valence-electron chi connectivity index (χ3n) is 2.50.